The Morgan fingerprint density at radius 1 is 1.00 bits per heavy atom. The maximum absolute atomic E-state index is 12.5. The molecule has 0 aliphatic heterocycles. The van der Waals surface area contributed by atoms with Crippen molar-refractivity contribution in [2.24, 2.45) is 0 Å². The SMILES string of the molecule is COc1cc(/C=C(\C#N)C(=O)Nc2ccc(C)cc2)ccc1OS(=O)(=O)c1ccccc1. The third-order valence-electron chi connectivity index (χ3n) is 4.40. The Bertz CT molecular complexity index is 1290. The number of hydrogen-bond donors (Lipinski definition) is 1. The van der Waals surface area contributed by atoms with E-state index in [1.54, 1.807) is 30.3 Å². The number of nitriles is 1. The molecule has 1 amide bonds. The number of carbonyl (C=O) groups is 1. The molecule has 0 radical (unpaired) electrons. The second-order valence-electron chi connectivity index (χ2n) is 6.75. The lowest BCUT2D eigenvalue weighted by atomic mass is 10.1. The van der Waals surface area contributed by atoms with E-state index in [4.69, 9.17) is 8.92 Å². The summed E-state index contributed by atoms with van der Waals surface area (Å²) in [7, 11) is -2.69. The smallest absolute Gasteiger partial charge is 0.339 e. The van der Waals surface area contributed by atoms with Gasteiger partial charge >= 0.3 is 10.1 Å². The van der Waals surface area contributed by atoms with Crippen molar-refractivity contribution in [2.45, 2.75) is 11.8 Å². The first-order valence-electron chi connectivity index (χ1n) is 9.50. The highest BCUT2D eigenvalue weighted by molar-refractivity contribution is 7.87. The van der Waals surface area contributed by atoms with Gasteiger partial charge in [-0.05, 0) is 55.0 Å². The quantitative estimate of drug-likeness (QED) is 0.328. The number of nitrogens with one attached hydrogen (secondary N) is 1. The Hall–Kier alpha value is -4.09. The molecule has 0 aliphatic carbocycles. The molecule has 0 aromatic heterocycles. The number of ether oxygens (including phenoxy) is 1. The van der Waals surface area contributed by atoms with Crippen LogP contribution in [-0.4, -0.2) is 21.4 Å². The molecular formula is C24H20N2O5S. The van der Waals surface area contributed by atoms with E-state index in [0.717, 1.165) is 5.56 Å². The predicted molar refractivity (Wildman–Crippen MR) is 121 cm³/mol. The molecule has 8 heteroatoms. The maximum atomic E-state index is 12.5. The van der Waals surface area contributed by atoms with Crippen LogP contribution in [0.2, 0.25) is 0 Å². The Labute approximate surface area is 186 Å². The largest absolute Gasteiger partial charge is 0.493 e. The maximum Gasteiger partial charge on any atom is 0.339 e. The molecule has 0 atom stereocenters. The van der Waals surface area contributed by atoms with E-state index in [1.807, 2.05) is 25.1 Å². The van der Waals surface area contributed by atoms with Crippen LogP contribution in [0.5, 0.6) is 11.5 Å². The third-order valence-corrected chi connectivity index (χ3v) is 5.65. The van der Waals surface area contributed by atoms with Crippen LogP contribution in [-0.2, 0) is 14.9 Å². The van der Waals surface area contributed by atoms with Gasteiger partial charge in [0.2, 0.25) is 0 Å². The van der Waals surface area contributed by atoms with E-state index in [-0.39, 0.29) is 22.0 Å². The van der Waals surface area contributed by atoms with Crippen molar-refractivity contribution in [1.82, 2.24) is 0 Å². The van der Waals surface area contributed by atoms with Gasteiger partial charge in [0.05, 0.1) is 7.11 Å². The van der Waals surface area contributed by atoms with Crippen LogP contribution in [0.15, 0.2) is 83.3 Å². The highest BCUT2D eigenvalue weighted by Gasteiger charge is 2.19. The molecule has 3 rings (SSSR count). The fourth-order valence-corrected chi connectivity index (χ4v) is 3.71. The first-order valence-corrected chi connectivity index (χ1v) is 10.9. The van der Waals surface area contributed by atoms with Crippen LogP contribution in [0.25, 0.3) is 6.08 Å². The van der Waals surface area contributed by atoms with Gasteiger partial charge in [0.1, 0.15) is 16.5 Å². The second-order valence-corrected chi connectivity index (χ2v) is 8.30. The standard InChI is InChI=1S/C24H20N2O5S/c1-17-8-11-20(12-9-17)26-24(27)19(16-25)14-18-10-13-22(23(15-18)30-2)31-32(28,29)21-6-4-3-5-7-21/h3-15H,1-2H3,(H,26,27)/b19-14+. The van der Waals surface area contributed by atoms with Crippen LogP contribution < -0.4 is 14.2 Å². The number of aryl methyl sites for hydroxylation is 1. The minimum absolute atomic E-state index is 0.00516. The predicted octanol–water partition coefficient (Wildman–Crippen LogP) is 4.32. The van der Waals surface area contributed by atoms with Crippen molar-refractivity contribution in [3.05, 3.63) is 89.5 Å². The summed E-state index contributed by atoms with van der Waals surface area (Å²) in [5, 5.41) is 12.1. The normalized spacial score (nSPS) is 11.3. The number of nitrogens with zero attached hydrogens (tertiary/aromatic N) is 1. The third kappa shape index (κ3) is 5.53. The molecule has 162 valence electrons. The lowest BCUT2D eigenvalue weighted by Gasteiger charge is -2.11. The number of benzene rings is 3. The van der Waals surface area contributed by atoms with Gasteiger partial charge in [-0.2, -0.15) is 13.7 Å². The first kappa shape index (κ1) is 22.6. The fourth-order valence-electron chi connectivity index (χ4n) is 2.75. The summed E-state index contributed by atoms with van der Waals surface area (Å²) in [6.07, 6.45) is 1.38. The highest BCUT2D eigenvalue weighted by atomic mass is 32.2. The van der Waals surface area contributed by atoms with Gasteiger partial charge in [-0.15, -0.1) is 0 Å². The zero-order chi connectivity index (χ0) is 23.1. The lowest BCUT2D eigenvalue weighted by Crippen LogP contribution is -2.13. The lowest BCUT2D eigenvalue weighted by molar-refractivity contribution is -0.112. The van der Waals surface area contributed by atoms with Crippen LogP contribution >= 0.6 is 0 Å². The molecule has 0 aliphatic rings. The molecule has 0 heterocycles. The van der Waals surface area contributed by atoms with Crippen LogP contribution in [0, 0.1) is 18.3 Å². The van der Waals surface area contributed by atoms with E-state index in [1.165, 1.54) is 43.5 Å². The number of carbonyl (C=O) groups excluding carboxylic acids is 1. The number of amides is 1. The van der Waals surface area contributed by atoms with Crippen molar-refractivity contribution >= 4 is 27.8 Å². The molecule has 0 saturated carbocycles. The van der Waals surface area contributed by atoms with Crippen molar-refractivity contribution in [3.63, 3.8) is 0 Å². The van der Waals surface area contributed by atoms with E-state index >= 15 is 0 Å². The average molecular weight is 449 g/mol. The summed E-state index contributed by atoms with van der Waals surface area (Å²) in [6, 6.07) is 21.2. The van der Waals surface area contributed by atoms with Gasteiger partial charge in [-0.1, -0.05) is 42.0 Å². The number of methoxy groups -OCH3 is 1. The van der Waals surface area contributed by atoms with E-state index < -0.39 is 16.0 Å². The monoisotopic (exact) mass is 448 g/mol. The van der Waals surface area contributed by atoms with Crippen molar-refractivity contribution in [2.75, 3.05) is 12.4 Å². The van der Waals surface area contributed by atoms with E-state index in [2.05, 4.69) is 5.32 Å². The Kier molecular flexibility index (Phi) is 6.93. The van der Waals surface area contributed by atoms with Crippen LogP contribution in [0.3, 0.4) is 0 Å². The zero-order valence-corrected chi connectivity index (χ0v) is 18.2. The van der Waals surface area contributed by atoms with Crippen molar-refractivity contribution in [3.8, 4) is 17.6 Å². The number of rotatable bonds is 7. The topological polar surface area (TPSA) is 105 Å². The molecule has 3 aromatic rings. The molecule has 0 unspecified atom stereocenters. The van der Waals surface area contributed by atoms with Crippen LogP contribution in [0.4, 0.5) is 5.69 Å². The van der Waals surface area contributed by atoms with Gasteiger partial charge in [0, 0.05) is 5.69 Å². The Balaban J connectivity index is 1.83. The summed E-state index contributed by atoms with van der Waals surface area (Å²) < 4.78 is 35.4. The van der Waals surface area contributed by atoms with Gasteiger partial charge < -0.3 is 14.2 Å². The van der Waals surface area contributed by atoms with E-state index in [9.17, 15) is 18.5 Å². The Morgan fingerprint density at radius 2 is 1.69 bits per heavy atom. The Morgan fingerprint density at radius 3 is 2.31 bits per heavy atom. The molecule has 0 bridgehead atoms. The molecule has 0 saturated heterocycles. The van der Waals surface area contributed by atoms with Gasteiger partial charge in [-0.3, -0.25) is 4.79 Å². The minimum atomic E-state index is -4.05. The number of anilines is 1. The molecule has 1 N–H and O–H groups in total. The summed E-state index contributed by atoms with van der Waals surface area (Å²) >= 11 is 0. The number of hydrogen-bond acceptors (Lipinski definition) is 6. The van der Waals surface area contributed by atoms with Gasteiger partial charge in [0.25, 0.3) is 5.91 Å². The molecule has 3 aromatic carbocycles. The molecule has 32 heavy (non-hydrogen) atoms. The summed E-state index contributed by atoms with van der Waals surface area (Å²) in [5.74, 6) is -0.451. The summed E-state index contributed by atoms with van der Waals surface area (Å²) in [6.45, 7) is 1.93. The zero-order valence-electron chi connectivity index (χ0n) is 17.4. The van der Waals surface area contributed by atoms with Crippen molar-refractivity contribution in [1.29, 1.82) is 5.26 Å². The van der Waals surface area contributed by atoms with E-state index in [0.29, 0.717) is 11.3 Å². The first-order chi connectivity index (χ1) is 15.3. The van der Waals surface area contributed by atoms with Gasteiger partial charge in [-0.25, -0.2) is 0 Å². The summed E-state index contributed by atoms with van der Waals surface area (Å²) in [5.41, 5.74) is 1.94. The minimum Gasteiger partial charge on any atom is -0.493 e. The highest BCUT2D eigenvalue weighted by Crippen LogP contribution is 2.31. The molecule has 0 spiro atoms. The van der Waals surface area contributed by atoms with Crippen molar-refractivity contribution < 1.29 is 22.1 Å². The van der Waals surface area contributed by atoms with Crippen LogP contribution in [0.1, 0.15) is 11.1 Å². The molecule has 0 fully saturated rings. The molecule has 7 nitrogen and oxygen atoms in total. The fraction of sp³-hybridized carbons (Fsp3) is 0.0833. The average Bonchev–Trinajstić information content (AvgIpc) is 2.80. The second kappa shape index (κ2) is 9.81. The molecular weight excluding hydrogens is 428 g/mol. The summed E-state index contributed by atoms with van der Waals surface area (Å²) in [4.78, 5) is 12.5. The van der Waals surface area contributed by atoms with Gasteiger partial charge in [0.15, 0.2) is 11.5 Å².